The van der Waals surface area contributed by atoms with Crippen molar-refractivity contribution < 1.29 is 14.3 Å². The molecule has 0 amide bonds. The SMILES string of the molecule is CC[C@@H]1O[C@H](CC)[C@H]2C(=O)OC[C@H](c3ccccc3)N12. The Hall–Kier alpha value is -1.39. The van der Waals surface area contributed by atoms with Crippen LogP contribution in [0.15, 0.2) is 30.3 Å². The zero-order valence-electron chi connectivity index (χ0n) is 12.0. The highest BCUT2D eigenvalue weighted by molar-refractivity contribution is 5.78. The average molecular weight is 275 g/mol. The summed E-state index contributed by atoms with van der Waals surface area (Å²) in [5, 5.41) is 0. The van der Waals surface area contributed by atoms with Crippen molar-refractivity contribution in [3.63, 3.8) is 0 Å². The van der Waals surface area contributed by atoms with E-state index in [-0.39, 0.29) is 30.4 Å². The number of carbonyl (C=O) groups is 1. The fourth-order valence-electron chi connectivity index (χ4n) is 3.29. The topological polar surface area (TPSA) is 38.8 Å². The minimum atomic E-state index is -0.260. The maximum atomic E-state index is 12.1. The van der Waals surface area contributed by atoms with Crippen LogP contribution < -0.4 is 0 Å². The minimum absolute atomic E-state index is 0.00278. The van der Waals surface area contributed by atoms with Gasteiger partial charge in [0.2, 0.25) is 0 Å². The molecule has 1 aromatic rings. The molecule has 2 heterocycles. The summed E-state index contributed by atoms with van der Waals surface area (Å²) in [5.74, 6) is -0.139. The van der Waals surface area contributed by atoms with E-state index >= 15 is 0 Å². The van der Waals surface area contributed by atoms with Gasteiger partial charge in [-0.15, -0.1) is 0 Å². The Morgan fingerprint density at radius 2 is 1.95 bits per heavy atom. The third-order valence-electron chi connectivity index (χ3n) is 4.26. The van der Waals surface area contributed by atoms with Gasteiger partial charge in [0.05, 0.1) is 12.1 Å². The Morgan fingerprint density at radius 3 is 2.60 bits per heavy atom. The van der Waals surface area contributed by atoms with Gasteiger partial charge in [-0.1, -0.05) is 44.2 Å². The molecule has 0 aliphatic carbocycles. The number of benzene rings is 1. The summed E-state index contributed by atoms with van der Waals surface area (Å²) >= 11 is 0. The number of hydrogen-bond donors (Lipinski definition) is 0. The summed E-state index contributed by atoms with van der Waals surface area (Å²) in [5.41, 5.74) is 1.18. The van der Waals surface area contributed by atoms with Crippen LogP contribution in [0.5, 0.6) is 0 Å². The van der Waals surface area contributed by atoms with E-state index in [4.69, 9.17) is 9.47 Å². The van der Waals surface area contributed by atoms with E-state index in [2.05, 4.69) is 30.9 Å². The molecule has 2 aliphatic heterocycles. The molecule has 20 heavy (non-hydrogen) atoms. The van der Waals surface area contributed by atoms with Gasteiger partial charge in [-0.3, -0.25) is 9.69 Å². The van der Waals surface area contributed by atoms with Gasteiger partial charge >= 0.3 is 5.97 Å². The van der Waals surface area contributed by atoms with E-state index in [9.17, 15) is 4.79 Å². The van der Waals surface area contributed by atoms with Crippen molar-refractivity contribution in [2.75, 3.05) is 6.61 Å². The Morgan fingerprint density at radius 1 is 1.20 bits per heavy atom. The molecule has 2 fully saturated rings. The quantitative estimate of drug-likeness (QED) is 0.795. The smallest absolute Gasteiger partial charge is 0.326 e. The molecule has 108 valence electrons. The lowest BCUT2D eigenvalue weighted by atomic mass is 9.99. The Bertz CT molecular complexity index is 476. The van der Waals surface area contributed by atoms with Crippen LogP contribution in [0, 0.1) is 0 Å². The largest absolute Gasteiger partial charge is 0.462 e. The van der Waals surface area contributed by atoms with E-state index < -0.39 is 0 Å². The van der Waals surface area contributed by atoms with Gasteiger partial charge in [0.15, 0.2) is 0 Å². The van der Waals surface area contributed by atoms with Crippen LogP contribution >= 0.6 is 0 Å². The van der Waals surface area contributed by atoms with Crippen LogP contribution in [0.3, 0.4) is 0 Å². The van der Waals surface area contributed by atoms with Crippen molar-refractivity contribution in [3.05, 3.63) is 35.9 Å². The van der Waals surface area contributed by atoms with Gasteiger partial charge in [-0.25, -0.2) is 0 Å². The molecule has 3 rings (SSSR count). The number of esters is 1. The molecule has 2 aliphatic rings. The van der Waals surface area contributed by atoms with Crippen LogP contribution in [-0.2, 0) is 14.3 Å². The third-order valence-corrected chi connectivity index (χ3v) is 4.26. The molecule has 2 saturated heterocycles. The number of carbonyl (C=O) groups excluding carboxylic acids is 1. The molecular formula is C16H21NO3. The van der Waals surface area contributed by atoms with E-state index in [1.807, 2.05) is 18.2 Å². The third kappa shape index (κ3) is 2.13. The predicted molar refractivity (Wildman–Crippen MR) is 75.0 cm³/mol. The monoisotopic (exact) mass is 275 g/mol. The first kappa shape index (κ1) is 13.6. The van der Waals surface area contributed by atoms with Crippen molar-refractivity contribution in [1.29, 1.82) is 0 Å². The van der Waals surface area contributed by atoms with Crippen LogP contribution in [0.25, 0.3) is 0 Å². The summed E-state index contributed by atoms with van der Waals surface area (Å²) in [6.07, 6.45) is 1.65. The van der Waals surface area contributed by atoms with E-state index in [1.165, 1.54) is 5.56 Å². The van der Waals surface area contributed by atoms with Crippen molar-refractivity contribution in [2.24, 2.45) is 0 Å². The van der Waals surface area contributed by atoms with Crippen molar-refractivity contribution >= 4 is 5.97 Å². The first-order valence-corrected chi connectivity index (χ1v) is 7.40. The van der Waals surface area contributed by atoms with Crippen LogP contribution in [0.1, 0.15) is 38.3 Å². The normalized spacial score (nSPS) is 33.8. The van der Waals surface area contributed by atoms with Crippen molar-refractivity contribution in [1.82, 2.24) is 4.90 Å². The summed E-state index contributed by atoms with van der Waals surface area (Å²) < 4.78 is 11.5. The lowest BCUT2D eigenvalue weighted by Crippen LogP contribution is -2.52. The highest BCUT2D eigenvalue weighted by Gasteiger charge is 2.51. The molecule has 0 bridgehead atoms. The Balaban J connectivity index is 1.95. The zero-order valence-corrected chi connectivity index (χ0v) is 12.0. The fraction of sp³-hybridized carbons (Fsp3) is 0.562. The molecule has 0 N–H and O–H groups in total. The molecule has 0 radical (unpaired) electrons. The van der Waals surface area contributed by atoms with Crippen LogP contribution in [-0.4, -0.2) is 35.8 Å². The van der Waals surface area contributed by atoms with Gasteiger partial charge in [-0.05, 0) is 18.4 Å². The van der Waals surface area contributed by atoms with Crippen LogP contribution in [0.2, 0.25) is 0 Å². The molecule has 0 saturated carbocycles. The zero-order chi connectivity index (χ0) is 14.1. The molecule has 0 spiro atoms. The lowest BCUT2D eigenvalue weighted by molar-refractivity contribution is -0.163. The molecule has 4 heteroatoms. The van der Waals surface area contributed by atoms with Gasteiger partial charge in [0.1, 0.15) is 18.9 Å². The standard InChI is InChI=1S/C16H21NO3/c1-3-13-15-16(18)19-10-12(11-8-6-5-7-9-11)17(15)14(4-2)20-13/h5-9,12-15H,3-4,10H2,1-2H3/t12-,13-,14+,15+/m1/s1. The minimum Gasteiger partial charge on any atom is -0.462 e. The number of morpholine rings is 1. The number of nitrogens with zero attached hydrogens (tertiary/aromatic N) is 1. The average Bonchev–Trinajstić information content (AvgIpc) is 2.88. The lowest BCUT2D eigenvalue weighted by Gasteiger charge is -2.38. The molecule has 1 aromatic carbocycles. The maximum Gasteiger partial charge on any atom is 0.326 e. The van der Waals surface area contributed by atoms with Gasteiger partial charge in [0, 0.05) is 0 Å². The molecule has 4 atom stereocenters. The first-order valence-electron chi connectivity index (χ1n) is 7.40. The molecule has 0 aromatic heterocycles. The van der Waals surface area contributed by atoms with Crippen molar-refractivity contribution in [3.8, 4) is 0 Å². The van der Waals surface area contributed by atoms with Gasteiger partial charge in [0.25, 0.3) is 0 Å². The molecule has 0 unspecified atom stereocenters. The second kappa shape index (κ2) is 5.54. The number of rotatable bonds is 3. The second-order valence-corrected chi connectivity index (χ2v) is 5.39. The number of cyclic esters (lactones) is 1. The second-order valence-electron chi connectivity index (χ2n) is 5.39. The van der Waals surface area contributed by atoms with E-state index in [1.54, 1.807) is 0 Å². The predicted octanol–water partition coefficient (Wildman–Crippen LogP) is 2.50. The number of fused-ring (bicyclic) bond motifs is 1. The van der Waals surface area contributed by atoms with Crippen LogP contribution in [0.4, 0.5) is 0 Å². The van der Waals surface area contributed by atoms with Gasteiger partial charge in [-0.2, -0.15) is 0 Å². The molecular weight excluding hydrogens is 254 g/mol. The summed E-state index contributed by atoms with van der Waals surface area (Å²) in [6, 6.07) is 10.1. The van der Waals surface area contributed by atoms with Crippen molar-refractivity contribution in [2.45, 2.75) is 51.1 Å². The Labute approximate surface area is 119 Å². The highest BCUT2D eigenvalue weighted by Crippen LogP contribution is 2.39. The Kier molecular flexibility index (Phi) is 3.76. The molecule has 4 nitrogen and oxygen atoms in total. The summed E-state index contributed by atoms with van der Waals surface area (Å²) in [6.45, 7) is 4.57. The van der Waals surface area contributed by atoms with E-state index in [0.717, 1.165) is 12.8 Å². The maximum absolute atomic E-state index is 12.1. The van der Waals surface area contributed by atoms with Gasteiger partial charge < -0.3 is 9.47 Å². The number of hydrogen-bond acceptors (Lipinski definition) is 4. The summed E-state index contributed by atoms with van der Waals surface area (Å²) in [7, 11) is 0. The fourth-order valence-corrected chi connectivity index (χ4v) is 3.29. The number of ether oxygens (including phenoxy) is 2. The summed E-state index contributed by atoms with van der Waals surface area (Å²) in [4.78, 5) is 14.4. The highest BCUT2D eigenvalue weighted by atomic mass is 16.6. The van der Waals surface area contributed by atoms with E-state index in [0.29, 0.717) is 6.61 Å². The first-order chi connectivity index (χ1) is 9.76.